The molecule has 1 amide bonds. The molecule has 0 rings (SSSR count). The van der Waals surface area contributed by atoms with Crippen LogP contribution in [0.25, 0.3) is 0 Å². The fourth-order valence-electron chi connectivity index (χ4n) is 1.11. The minimum absolute atomic E-state index is 0.229. The molecule has 0 radical (unpaired) electrons. The zero-order valence-electron chi connectivity index (χ0n) is 9.13. The topological polar surface area (TPSA) is 55.4 Å². The Bertz CT molecular complexity index is 192. The van der Waals surface area contributed by atoms with Crippen molar-refractivity contribution in [2.24, 2.45) is 5.92 Å². The van der Waals surface area contributed by atoms with E-state index in [-0.39, 0.29) is 5.91 Å². The van der Waals surface area contributed by atoms with Crippen LogP contribution in [-0.4, -0.2) is 25.5 Å². The zero-order valence-corrected chi connectivity index (χ0v) is 9.13. The van der Waals surface area contributed by atoms with E-state index in [1.807, 2.05) is 6.92 Å². The fourth-order valence-corrected chi connectivity index (χ4v) is 1.11. The molecule has 82 valence electrons. The molecule has 0 spiro atoms. The van der Waals surface area contributed by atoms with E-state index in [1.165, 1.54) is 7.11 Å². The van der Waals surface area contributed by atoms with Crippen molar-refractivity contribution in [1.29, 1.82) is 0 Å². The molecule has 0 fully saturated rings. The first-order chi connectivity index (χ1) is 6.67. The molecule has 4 nitrogen and oxygen atoms in total. The van der Waals surface area contributed by atoms with Gasteiger partial charge >= 0.3 is 5.97 Å². The number of hydrogen-bond donors (Lipinski definition) is 1. The molecule has 0 aromatic rings. The van der Waals surface area contributed by atoms with Gasteiger partial charge in [0.25, 0.3) is 0 Å². The van der Waals surface area contributed by atoms with Gasteiger partial charge in [-0.25, -0.2) is 0 Å². The Balaban J connectivity index is 3.98. The minimum atomic E-state index is -0.656. The van der Waals surface area contributed by atoms with Crippen molar-refractivity contribution in [2.75, 3.05) is 13.7 Å². The van der Waals surface area contributed by atoms with Crippen LogP contribution >= 0.6 is 0 Å². The highest BCUT2D eigenvalue weighted by Crippen LogP contribution is 2.04. The number of amides is 1. The van der Waals surface area contributed by atoms with Gasteiger partial charge in [-0.1, -0.05) is 20.3 Å². The van der Waals surface area contributed by atoms with Crippen molar-refractivity contribution in [3.05, 3.63) is 0 Å². The third-order valence-electron chi connectivity index (χ3n) is 2.04. The Labute approximate surface area is 85.0 Å². The Morgan fingerprint density at radius 2 is 2.00 bits per heavy atom. The lowest BCUT2D eigenvalue weighted by Crippen LogP contribution is -2.36. The first-order valence-electron chi connectivity index (χ1n) is 5.02. The normalized spacial score (nSPS) is 11.9. The number of methoxy groups -OCH3 is 1. The Kier molecular flexibility index (Phi) is 6.80. The average Bonchev–Trinajstić information content (AvgIpc) is 2.19. The van der Waals surface area contributed by atoms with Gasteiger partial charge < -0.3 is 10.1 Å². The molecule has 1 unspecified atom stereocenters. The molecule has 0 aliphatic carbocycles. The second-order valence-corrected chi connectivity index (χ2v) is 3.13. The number of rotatable bonds is 6. The lowest BCUT2D eigenvalue weighted by molar-refractivity contribution is -0.150. The number of unbranched alkanes of at least 4 members (excludes halogenated alkanes) is 1. The zero-order chi connectivity index (χ0) is 11.0. The number of carbonyl (C=O) groups excluding carboxylic acids is 2. The third-order valence-corrected chi connectivity index (χ3v) is 2.04. The van der Waals surface area contributed by atoms with Crippen LogP contribution in [0.2, 0.25) is 0 Å². The number of ether oxygens (including phenoxy) is 1. The average molecular weight is 201 g/mol. The van der Waals surface area contributed by atoms with Gasteiger partial charge in [-0.15, -0.1) is 0 Å². The summed E-state index contributed by atoms with van der Waals surface area (Å²) in [6.07, 6.45) is 2.43. The maximum Gasteiger partial charge on any atom is 0.318 e. The van der Waals surface area contributed by atoms with E-state index in [0.29, 0.717) is 13.0 Å². The summed E-state index contributed by atoms with van der Waals surface area (Å²) in [6.45, 7) is 4.47. The van der Waals surface area contributed by atoms with E-state index in [1.54, 1.807) is 6.92 Å². The van der Waals surface area contributed by atoms with Crippen LogP contribution in [0.15, 0.2) is 0 Å². The lowest BCUT2D eigenvalue weighted by Gasteiger charge is -2.12. The summed E-state index contributed by atoms with van der Waals surface area (Å²) in [5, 5.41) is 2.71. The van der Waals surface area contributed by atoms with Crippen molar-refractivity contribution in [1.82, 2.24) is 5.32 Å². The number of esters is 1. The first kappa shape index (κ1) is 12.9. The van der Waals surface area contributed by atoms with E-state index < -0.39 is 11.9 Å². The maximum atomic E-state index is 11.4. The van der Waals surface area contributed by atoms with Gasteiger partial charge in [0.15, 0.2) is 0 Å². The molecule has 0 bridgehead atoms. The second-order valence-electron chi connectivity index (χ2n) is 3.13. The van der Waals surface area contributed by atoms with Gasteiger partial charge in [0.05, 0.1) is 7.11 Å². The van der Waals surface area contributed by atoms with Crippen molar-refractivity contribution >= 4 is 11.9 Å². The summed E-state index contributed by atoms with van der Waals surface area (Å²) in [4.78, 5) is 22.6. The molecule has 0 saturated heterocycles. The van der Waals surface area contributed by atoms with Gasteiger partial charge in [-0.2, -0.15) is 0 Å². The lowest BCUT2D eigenvalue weighted by atomic mass is 10.1. The van der Waals surface area contributed by atoms with Gasteiger partial charge in [-0.05, 0) is 12.8 Å². The highest BCUT2D eigenvalue weighted by molar-refractivity contribution is 5.97. The summed E-state index contributed by atoms with van der Waals surface area (Å²) >= 11 is 0. The molecule has 0 aromatic heterocycles. The van der Waals surface area contributed by atoms with Crippen LogP contribution in [0, 0.1) is 5.92 Å². The van der Waals surface area contributed by atoms with E-state index in [4.69, 9.17) is 0 Å². The molecule has 0 saturated carbocycles. The monoisotopic (exact) mass is 201 g/mol. The molecule has 1 atom stereocenters. The predicted octanol–water partition coefficient (Wildman–Crippen LogP) is 1.10. The molecule has 0 aliphatic rings. The van der Waals surface area contributed by atoms with Crippen LogP contribution in [0.3, 0.4) is 0 Å². The van der Waals surface area contributed by atoms with Gasteiger partial charge in [0.1, 0.15) is 5.92 Å². The standard InChI is InChI=1S/C10H19NO3/c1-4-6-7-11-9(12)8(5-2)10(13)14-3/h8H,4-7H2,1-3H3,(H,11,12). The van der Waals surface area contributed by atoms with Crippen LogP contribution in [-0.2, 0) is 14.3 Å². The molecule has 0 aliphatic heterocycles. The molecular formula is C10H19NO3. The fraction of sp³-hybridized carbons (Fsp3) is 0.800. The van der Waals surface area contributed by atoms with Crippen LogP contribution in [0.1, 0.15) is 33.1 Å². The molecule has 1 N–H and O–H groups in total. The van der Waals surface area contributed by atoms with E-state index >= 15 is 0 Å². The highest BCUT2D eigenvalue weighted by Gasteiger charge is 2.24. The predicted molar refractivity (Wildman–Crippen MR) is 53.7 cm³/mol. The van der Waals surface area contributed by atoms with Crippen LogP contribution < -0.4 is 5.32 Å². The number of carbonyl (C=O) groups is 2. The molecule has 0 aromatic carbocycles. The van der Waals surface area contributed by atoms with Crippen molar-refractivity contribution in [2.45, 2.75) is 33.1 Å². The third kappa shape index (κ3) is 4.25. The largest absolute Gasteiger partial charge is 0.468 e. The van der Waals surface area contributed by atoms with E-state index in [2.05, 4.69) is 10.1 Å². The van der Waals surface area contributed by atoms with Gasteiger partial charge in [0, 0.05) is 6.54 Å². The molecule has 4 heteroatoms. The molecule has 0 heterocycles. The van der Waals surface area contributed by atoms with E-state index in [0.717, 1.165) is 12.8 Å². The van der Waals surface area contributed by atoms with Gasteiger partial charge in [-0.3, -0.25) is 9.59 Å². The number of nitrogens with one attached hydrogen (secondary N) is 1. The second kappa shape index (κ2) is 7.35. The summed E-state index contributed by atoms with van der Waals surface area (Å²) < 4.78 is 4.53. The van der Waals surface area contributed by atoms with Crippen LogP contribution in [0.5, 0.6) is 0 Å². The minimum Gasteiger partial charge on any atom is -0.468 e. The first-order valence-corrected chi connectivity index (χ1v) is 5.02. The summed E-state index contributed by atoms with van der Waals surface area (Å²) in [7, 11) is 1.30. The highest BCUT2D eigenvalue weighted by atomic mass is 16.5. The number of hydrogen-bond acceptors (Lipinski definition) is 3. The molecular weight excluding hydrogens is 182 g/mol. The summed E-state index contributed by atoms with van der Waals surface area (Å²) in [5.41, 5.74) is 0. The summed E-state index contributed by atoms with van der Waals surface area (Å²) in [6, 6.07) is 0. The van der Waals surface area contributed by atoms with Crippen molar-refractivity contribution in [3.63, 3.8) is 0 Å². The quantitative estimate of drug-likeness (QED) is 0.398. The smallest absolute Gasteiger partial charge is 0.318 e. The van der Waals surface area contributed by atoms with Crippen molar-refractivity contribution in [3.8, 4) is 0 Å². The Hall–Kier alpha value is -1.06. The van der Waals surface area contributed by atoms with Gasteiger partial charge in [0.2, 0.25) is 5.91 Å². The maximum absolute atomic E-state index is 11.4. The van der Waals surface area contributed by atoms with Crippen molar-refractivity contribution < 1.29 is 14.3 Å². The summed E-state index contributed by atoms with van der Waals surface area (Å²) in [5.74, 6) is -1.34. The SMILES string of the molecule is CCCCNC(=O)C(CC)C(=O)OC. The molecule has 14 heavy (non-hydrogen) atoms. The van der Waals surface area contributed by atoms with Crippen LogP contribution in [0.4, 0.5) is 0 Å². The van der Waals surface area contributed by atoms with E-state index in [9.17, 15) is 9.59 Å². The Morgan fingerprint density at radius 1 is 1.36 bits per heavy atom. The Morgan fingerprint density at radius 3 is 2.43 bits per heavy atom.